The molecule has 0 unspecified atom stereocenters. The molecular weight excluding hydrogens is 152 g/mol. The topological polar surface area (TPSA) is 57.2 Å². The molecule has 1 aliphatic rings. The van der Waals surface area contributed by atoms with E-state index in [1.54, 1.807) is 0 Å². The molecule has 1 fully saturated rings. The summed E-state index contributed by atoms with van der Waals surface area (Å²) < 4.78 is 30.7. The molecule has 0 spiro atoms. The van der Waals surface area contributed by atoms with Gasteiger partial charge in [0.25, 0.3) is 0 Å². The molecule has 60 valence electrons. The molecule has 0 aromatic heterocycles. The number of hydrogen-bond acceptors (Lipinski definition) is 3. The van der Waals surface area contributed by atoms with Gasteiger partial charge in [-0.2, -0.15) is 0 Å². The Balaban J connectivity index is 2.38. The molecule has 0 aromatic carbocycles. The summed E-state index contributed by atoms with van der Waals surface area (Å²) in [6.07, 6.45) is 4.00. The van der Waals surface area contributed by atoms with E-state index in [0.29, 0.717) is 0 Å². The molecule has 3 nitrogen and oxygen atoms in total. The Hall–Kier alpha value is -0.0900. The van der Waals surface area contributed by atoms with Crippen LogP contribution in [0.25, 0.3) is 0 Å². The van der Waals surface area contributed by atoms with Gasteiger partial charge in [0.15, 0.2) is 0 Å². The minimum Gasteiger partial charge on any atom is -0.748 e. The number of rotatable bonds is 2. The van der Waals surface area contributed by atoms with E-state index < -0.39 is 10.1 Å². The zero-order chi connectivity index (χ0) is 7.61. The maximum Gasteiger partial charge on any atom is 0.0948 e. The lowest BCUT2D eigenvalue weighted by atomic mass is 10.1. The van der Waals surface area contributed by atoms with Crippen molar-refractivity contribution in [3.8, 4) is 0 Å². The lowest BCUT2D eigenvalue weighted by Crippen LogP contribution is -2.12. The van der Waals surface area contributed by atoms with Crippen LogP contribution in [0.15, 0.2) is 0 Å². The quantitative estimate of drug-likeness (QED) is 0.564. The monoisotopic (exact) mass is 163 g/mol. The van der Waals surface area contributed by atoms with Crippen LogP contribution < -0.4 is 0 Å². The molecule has 0 heterocycles. The Labute approximate surface area is 61.2 Å². The molecule has 0 amide bonds. The van der Waals surface area contributed by atoms with Gasteiger partial charge in [0.05, 0.1) is 10.1 Å². The Kier molecular flexibility index (Phi) is 2.31. The van der Waals surface area contributed by atoms with Crippen LogP contribution >= 0.6 is 0 Å². The van der Waals surface area contributed by atoms with Crippen molar-refractivity contribution in [2.24, 2.45) is 5.92 Å². The first-order chi connectivity index (χ1) is 4.58. The summed E-state index contributed by atoms with van der Waals surface area (Å²) in [5, 5.41) is 0. The number of hydrogen-bond donors (Lipinski definition) is 0. The predicted octanol–water partition coefficient (Wildman–Crippen LogP) is 0.722. The van der Waals surface area contributed by atoms with Crippen LogP contribution in [-0.4, -0.2) is 18.7 Å². The first-order valence-electron chi connectivity index (χ1n) is 3.51. The fraction of sp³-hybridized carbons (Fsp3) is 1.00. The van der Waals surface area contributed by atoms with Crippen LogP contribution in [0, 0.1) is 5.92 Å². The molecule has 1 aliphatic carbocycles. The first-order valence-corrected chi connectivity index (χ1v) is 5.09. The molecular formula is C6H11O3S-. The van der Waals surface area contributed by atoms with E-state index in [1.807, 2.05) is 0 Å². The van der Waals surface area contributed by atoms with Gasteiger partial charge in [-0.1, -0.05) is 12.8 Å². The van der Waals surface area contributed by atoms with E-state index in [9.17, 15) is 13.0 Å². The fourth-order valence-corrected chi connectivity index (χ4v) is 2.38. The van der Waals surface area contributed by atoms with Crippen molar-refractivity contribution in [1.82, 2.24) is 0 Å². The summed E-state index contributed by atoms with van der Waals surface area (Å²) in [6, 6.07) is 0. The summed E-state index contributed by atoms with van der Waals surface area (Å²) in [5.74, 6) is 0.00926. The van der Waals surface area contributed by atoms with Gasteiger partial charge in [0.2, 0.25) is 0 Å². The molecule has 0 N–H and O–H groups in total. The third-order valence-electron chi connectivity index (χ3n) is 1.91. The molecule has 10 heavy (non-hydrogen) atoms. The zero-order valence-electron chi connectivity index (χ0n) is 5.75. The Morgan fingerprint density at radius 3 is 2.20 bits per heavy atom. The van der Waals surface area contributed by atoms with Crippen molar-refractivity contribution in [1.29, 1.82) is 0 Å². The van der Waals surface area contributed by atoms with Gasteiger partial charge >= 0.3 is 0 Å². The van der Waals surface area contributed by atoms with Crippen LogP contribution in [0.3, 0.4) is 0 Å². The van der Waals surface area contributed by atoms with E-state index in [0.717, 1.165) is 25.7 Å². The average molecular weight is 163 g/mol. The van der Waals surface area contributed by atoms with Gasteiger partial charge < -0.3 is 4.55 Å². The summed E-state index contributed by atoms with van der Waals surface area (Å²) in [4.78, 5) is 0. The molecule has 0 bridgehead atoms. The Morgan fingerprint density at radius 2 is 1.80 bits per heavy atom. The Bertz CT molecular complexity index is 189. The largest absolute Gasteiger partial charge is 0.748 e. The molecule has 0 radical (unpaired) electrons. The van der Waals surface area contributed by atoms with E-state index in [4.69, 9.17) is 0 Å². The summed E-state index contributed by atoms with van der Waals surface area (Å²) in [7, 11) is -3.96. The standard InChI is InChI=1S/C6H12O3S/c7-10(8,9)5-6-3-1-2-4-6/h6H,1-5H2,(H,7,8,9)/p-1. The van der Waals surface area contributed by atoms with Crippen molar-refractivity contribution in [3.63, 3.8) is 0 Å². The second-order valence-corrected chi connectivity index (χ2v) is 4.32. The van der Waals surface area contributed by atoms with Crippen LogP contribution in [0.2, 0.25) is 0 Å². The third-order valence-corrected chi connectivity index (χ3v) is 2.79. The lowest BCUT2D eigenvalue weighted by Gasteiger charge is -2.11. The predicted molar refractivity (Wildman–Crippen MR) is 36.5 cm³/mol. The van der Waals surface area contributed by atoms with Crippen LogP contribution in [0.1, 0.15) is 25.7 Å². The molecule has 0 atom stereocenters. The van der Waals surface area contributed by atoms with Crippen molar-refractivity contribution < 1.29 is 13.0 Å². The van der Waals surface area contributed by atoms with Crippen LogP contribution in [0.5, 0.6) is 0 Å². The van der Waals surface area contributed by atoms with Crippen LogP contribution in [-0.2, 0) is 10.1 Å². The van der Waals surface area contributed by atoms with Gasteiger partial charge in [-0.3, -0.25) is 0 Å². The lowest BCUT2D eigenvalue weighted by molar-refractivity contribution is 0.447. The highest BCUT2D eigenvalue weighted by Crippen LogP contribution is 2.25. The Morgan fingerprint density at radius 1 is 1.30 bits per heavy atom. The molecule has 1 rings (SSSR count). The molecule has 0 aliphatic heterocycles. The second kappa shape index (κ2) is 2.88. The molecule has 4 heteroatoms. The fourth-order valence-electron chi connectivity index (χ4n) is 1.47. The van der Waals surface area contributed by atoms with Gasteiger partial charge in [0, 0.05) is 5.75 Å². The van der Waals surface area contributed by atoms with Gasteiger partial charge in [0.1, 0.15) is 0 Å². The zero-order valence-corrected chi connectivity index (χ0v) is 6.56. The van der Waals surface area contributed by atoms with Crippen molar-refractivity contribution in [2.45, 2.75) is 25.7 Å². The first kappa shape index (κ1) is 8.01. The highest BCUT2D eigenvalue weighted by molar-refractivity contribution is 7.85. The average Bonchev–Trinajstić information content (AvgIpc) is 2.12. The second-order valence-electron chi connectivity index (χ2n) is 2.87. The van der Waals surface area contributed by atoms with Crippen molar-refractivity contribution >= 4 is 10.1 Å². The minimum atomic E-state index is -3.96. The summed E-state index contributed by atoms with van der Waals surface area (Å²) in [6.45, 7) is 0. The summed E-state index contributed by atoms with van der Waals surface area (Å²) >= 11 is 0. The smallest absolute Gasteiger partial charge is 0.0948 e. The summed E-state index contributed by atoms with van der Waals surface area (Å²) in [5.41, 5.74) is 0. The highest BCUT2D eigenvalue weighted by Gasteiger charge is 2.16. The SMILES string of the molecule is O=S(=O)([O-])CC1CCCC1. The maximum atomic E-state index is 10.2. The normalized spacial score (nSPS) is 21.7. The van der Waals surface area contributed by atoms with E-state index in [1.165, 1.54) is 0 Å². The third kappa shape index (κ3) is 2.66. The highest BCUT2D eigenvalue weighted by atomic mass is 32.2. The van der Waals surface area contributed by atoms with Crippen molar-refractivity contribution in [2.75, 3.05) is 5.75 Å². The van der Waals surface area contributed by atoms with Gasteiger partial charge in [-0.15, -0.1) is 0 Å². The molecule has 0 saturated heterocycles. The van der Waals surface area contributed by atoms with Gasteiger partial charge in [-0.25, -0.2) is 8.42 Å². The van der Waals surface area contributed by atoms with E-state index in [2.05, 4.69) is 0 Å². The van der Waals surface area contributed by atoms with E-state index >= 15 is 0 Å². The van der Waals surface area contributed by atoms with E-state index in [-0.39, 0.29) is 11.7 Å². The van der Waals surface area contributed by atoms with Gasteiger partial charge in [-0.05, 0) is 18.8 Å². The molecule has 0 aromatic rings. The molecule has 1 saturated carbocycles. The maximum absolute atomic E-state index is 10.2. The van der Waals surface area contributed by atoms with Crippen molar-refractivity contribution in [3.05, 3.63) is 0 Å². The minimum absolute atomic E-state index is 0.146. The van der Waals surface area contributed by atoms with Crippen LogP contribution in [0.4, 0.5) is 0 Å².